The zero-order valence-electron chi connectivity index (χ0n) is 19.4. The predicted octanol–water partition coefficient (Wildman–Crippen LogP) is 7.12. The van der Waals surface area contributed by atoms with Crippen molar-refractivity contribution < 1.29 is 18.3 Å². The Morgan fingerprint density at radius 2 is 1.57 bits per heavy atom. The number of halogens is 2. The van der Waals surface area contributed by atoms with Crippen molar-refractivity contribution in [1.82, 2.24) is 4.72 Å². The Labute approximate surface area is 208 Å². The number of aldehydes is 1. The molecular weight excluding hydrogens is 466 g/mol. The highest BCUT2D eigenvalue weighted by Crippen LogP contribution is 2.36. The van der Waals surface area contributed by atoms with Crippen LogP contribution in [0.5, 0.6) is 11.5 Å². The number of rotatable bonds is 8. The van der Waals surface area contributed by atoms with Gasteiger partial charge in [0, 0.05) is 41.7 Å². The number of hydrogen-bond acceptors (Lipinski definition) is 5. The van der Waals surface area contributed by atoms with E-state index in [1.165, 1.54) is 24.3 Å². The topological polar surface area (TPSA) is 50.4 Å². The second-order valence-electron chi connectivity index (χ2n) is 7.35. The molecule has 0 saturated carbocycles. The average Bonchev–Trinajstić information content (AvgIpc) is 2.86. The predicted molar refractivity (Wildman–Crippen MR) is 139 cm³/mol. The first-order chi connectivity index (χ1) is 17.0. The van der Waals surface area contributed by atoms with E-state index < -0.39 is 0 Å². The molecule has 2 N–H and O–H groups in total. The molecule has 0 bridgehead atoms. The maximum Gasteiger partial charge on any atom is 0.137 e. The molecule has 0 fully saturated rings. The fraction of sp³-hybridized carbons (Fsp3) is 0.107. The maximum atomic E-state index is 13.5. The number of ether oxygens (including phenoxy) is 1. The molecule has 0 aliphatic rings. The van der Waals surface area contributed by atoms with Gasteiger partial charge < -0.3 is 14.8 Å². The monoisotopic (exact) mass is 492 g/mol. The van der Waals surface area contributed by atoms with E-state index in [4.69, 9.17) is 4.74 Å². The smallest absolute Gasteiger partial charge is 0.137 e. The van der Waals surface area contributed by atoms with Crippen LogP contribution in [0.3, 0.4) is 0 Å². The van der Waals surface area contributed by atoms with Gasteiger partial charge in [-0.05, 0) is 78.7 Å². The molecule has 35 heavy (non-hydrogen) atoms. The minimum atomic E-state index is -0.375. The third-order valence-corrected chi connectivity index (χ3v) is 5.60. The van der Waals surface area contributed by atoms with E-state index in [9.17, 15) is 13.6 Å². The molecule has 0 aliphatic carbocycles. The molecule has 180 valence electrons. The molecule has 4 aromatic rings. The summed E-state index contributed by atoms with van der Waals surface area (Å²) in [6.45, 7) is 0. The van der Waals surface area contributed by atoms with Crippen molar-refractivity contribution in [1.29, 1.82) is 0 Å². The van der Waals surface area contributed by atoms with Crippen LogP contribution in [0.15, 0.2) is 95.9 Å². The van der Waals surface area contributed by atoms with Gasteiger partial charge in [-0.15, -0.1) is 0 Å². The molecule has 0 aliphatic heterocycles. The summed E-state index contributed by atoms with van der Waals surface area (Å²) in [6, 6.07) is 25.6. The van der Waals surface area contributed by atoms with Crippen LogP contribution in [0.25, 0.3) is 11.1 Å². The van der Waals surface area contributed by atoms with Gasteiger partial charge in [-0.2, -0.15) is 0 Å². The summed E-state index contributed by atoms with van der Waals surface area (Å²) < 4.78 is 35.7. The molecule has 4 rings (SSSR count). The highest BCUT2D eigenvalue weighted by Gasteiger charge is 2.10. The van der Waals surface area contributed by atoms with Crippen LogP contribution in [0.1, 0.15) is 5.56 Å². The van der Waals surface area contributed by atoms with Crippen LogP contribution in [-0.4, -0.2) is 20.4 Å². The van der Waals surface area contributed by atoms with Crippen LogP contribution >= 0.6 is 11.9 Å². The summed E-state index contributed by atoms with van der Waals surface area (Å²) in [5.74, 6) is 0.209. The third-order valence-electron chi connectivity index (χ3n) is 4.89. The lowest BCUT2D eigenvalue weighted by Crippen LogP contribution is -1.93. The first-order valence-electron chi connectivity index (χ1n) is 10.9. The molecule has 4 nitrogen and oxygen atoms in total. The van der Waals surface area contributed by atoms with Gasteiger partial charge in [0.15, 0.2) is 0 Å². The first-order valence-corrected chi connectivity index (χ1v) is 11.7. The second kappa shape index (κ2) is 13.3. The number of benzene rings is 4. The van der Waals surface area contributed by atoms with Crippen molar-refractivity contribution in [3.05, 3.63) is 108 Å². The molecular formula is C28H26F2N2O2S. The minimum Gasteiger partial charge on any atom is -0.457 e. The lowest BCUT2D eigenvalue weighted by atomic mass is 10.0. The number of anilines is 1. The van der Waals surface area contributed by atoms with Crippen molar-refractivity contribution in [2.75, 3.05) is 19.4 Å². The van der Waals surface area contributed by atoms with Gasteiger partial charge in [0.1, 0.15) is 29.4 Å². The van der Waals surface area contributed by atoms with E-state index in [2.05, 4.69) is 10.0 Å². The fourth-order valence-corrected chi connectivity index (χ4v) is 3.73. The van der Waals surface area contributed by atoms with E-state index in [1.54, 1.807) is 49.3 Å². The maximum absolute atomic E-state index is 13.5. The lowest BCUT2D eigenvalue weighted by Gasteiger charge is -2.13. The van der Waals surface area contributed by atoms with Gasteiger partial charge in [-0.1, -0.05) is 30.3 Å². The van der Waals surface area contributed by atoms with Gasteiger partial charge >= 0.3 is 0 Å². The summed E-state index contributed by atoms with van der Waals surface area (Å²) >= 11 is 1.56. The molecule has 7 heteroatoms. The van der Waals surface area contributed by atoms with E-state index in [0.717, 1.165) is 28.0 Å². The first kappa shape index (κ1) is 25.9. The van der Waals surface area contributed by atoms with Crippen molar-refractivity contribution in [3.8, 4) is 22.6 Å². The van der Waals surface area contributed by atoms with Gasteiger partial charge in [0.2, 0.25) is 0 Å². The van der Waals surface area contributed by atoms with Crippen LogP contribution in [0.4, 0.5) is 14.5 Å². The largest absolute Gasteiger partial charge is 0.457 e. The van der Waals surface area contributed by atoms with E-state index >= 15 is 0 Å². The van der Waals surface area contributed by atoms with Crippen LogP contribution in [-0.2, 0) is 11.2 Å². The van der Waals surface area contributed by atoms with Crippen molar-refractivity contribution in [2.45, 2.75) is 11.3 Å². The van der Waals surface area contributed by atoms with E-state index in [-0.39, 0.29) is 11.6 Å². The molecule has 0 unspecified atom stereocenters. The summed E-state index contributed by atoms with van der Waals surface area (Å²) in [6.07, 6.45) is 1.42. The Balaban J connectivity index is 0.000000241. The zero-order valence-corrected chi connectivity index (χ0v) is 20.2. The normalized spacial score (nSPS) is 10.2. The molecule has 0 radical (unpaired) electrons. The molecule has 0 atom stereocenters. The van der Waals surface area contributed by atoms with Crippen LogP contribution in [0.2, 0.25) is 0 Å². The molecule has 0 amide bonds. The number of carbonyl (C=O) groups is 1. The Hall–Kier alpha value is -3.68. The van der Waals surface area contributed by atoms with Gasteiger partial charge in [-0.3, -0.25) is 4.72 Å². The number of nitrogens with one attached hydrogen (secondary N) is 2. The molecule has 0 heterocycles. The lowest BCUT2D eigenvalue weighted by molar-refractivity contribution is -0.107. The van der Waals surface area contributed by atoms with Crippen LogP contribution in [0, 0.1) is 11.6 Å². The summed E-state index contributed by atoms with van der Waals surface area (Å²) in [7, 11) is 3.67. The highest BCUT2D eigenvalue weighted by atomic mass is 32.2. The molecule has 0 saturated heterocycles. The molecule has 4 aromatic carbocycles. The summed E-state index contributed by atoms with van der Waals surface area (Å²) in [4.78, 5) is 11.3. The average molecular weight is 493 g/mol. The van der Waals surface area contributed by atoms with Crippen molar-refractivity contribution in [2.24, 2.45) is 0 Å². The quantitative estimate of drug-likeness (QED) is 0.203. The van der Waals surface area contributed by atoms with Gasteiger partial charge in [0.05, 0.1) is 0 Å². The highest BCUT2D eigenvalue weighted by molar-refractivity contribution is 7.97. The van der Waals surface area contributed by atoms with Gasteiger partial charge in [-0.25, -0.2) is 8.78 Å². The Kier molecular flexibility index (Phi) is 9.83. The Morgan fingerprint density at radius 3 is 2.20 bits per heavy atom. The van der Waals surface area contributed by atoms with Crippen LogP contribution < -0.4 is 14.8 Å². The third kappa shape index (κ3) is 7.95. The minimum absolute atomic E-state index is 0.322. The number of carbonyl (C=O) groups excluding carboxylic acids is 1. The molecule has 0 spiro atoms. The standard InChI is InChI=1S/C19H15F2NO.C9H11NOS/c1-22-16-8-9-18(13-4-2-5-14(20)10-13)19(12-16)23-17-7-3-6-15(21)11-17;1-10-12-9-4-2-8(3-5-9)6-7-11/h2-12,22H,1H3;2-5,7,10H,6H2,1H3. The molecule has 0 aromatic heterocycles. The van der Waals surface area contributed by atoms with E-state index in [1.807, 2.05) is 43.4 Å². The summed E-state index contributed by atoms with van der Waals surface area (Å²) in [5, 5.41) is 3.03. The Bertz CT molecular complexity index is 1250. The SMILES string of the molecule is CNSc1ccc(CC=O)cc1.CNc1ccc(-c2cccc(F)c2)c(Oc2cccc(F)c2)c1. The van der Waals surface area contributed by atoms with Crippen molar-refractivity contribution >= 4 is 23.9 Å². The zero-order chi connectivity index (χ0) is 25.0. The van der Waals surface area contributed by atoms with E-state index in [0.29, 0.717) is 23.5 Å². The van der Waals surface area contributed by atoms with Gasteiger partial charge in [0.25, 0.3) is 0 Å². The fourth-order valence-electron chi connectivity index (χ4n) is 3.22. The Morgan fingerprint density at radius 1 is 0.857 bits per heavy atom. The van der Waals surface area contributed by atoms with Crippen molar-refractivity contribution in [3.63, 3.8) is 0 Å². The number of hydrogen-bond donors (Lipinski definition) is 2. The second-order valence-corrected chi connectivity index (χ2v) is 8.44. The summed E-state index contributed by atoms with van der Waals surface area (Å²) in [5.41, 5.74) is 3.33.